The van der Waals surface area contributed by atoms with Gasteiger partial charge in [-0.1, -0.05) is 64.4 Å². The first-order valence-electron chi connectivity index (χ1n) is 15.2. The summed E-state index contributed by atoms with van der Waals surface area (Å²) in [6, 6.07) is 15.3. The van der Waals surface area contributed by atoms with Gasteiger partial charge in [0, 0.05) is 36.1 Å². The van der Waals surface area contributed by atoms with Gasteiger partial charge >= 0.3 is 0 Å². The largest absolute Gasteiger partial charge is 0.494 e. The van der Waals surface area contributed by atoms with E-state index in [1.54, 1.807) is 19.2 Å². The van der Waals surface area contributed by atoms with Crippen LogP contribution in [-0.4, -0.2) is 63.2 Å². The van der Waals surface area contributed by atoms with Crippen molar-refractivity contribution < 1.29 is 23.8 Å². The van der Waals surface area contributed by atoms with Crippen LogP contribution in [0.5, 0.6) is 11.5 Å². The van der Waals surface area contributed by atoms with Gasteiger partial charge in [-0.15, -0.1) is 0 Å². The Morgan fingerprint density at radius 3 is 2.40 bits per heavy atom. The number of ether oxygens (including phenoxy) is 3. The van der Waals surface area contributed by atoms with Crippen LogP contribution in [0.15, 0.2) is 48.5 Å². The molecule has 1 aliphatic heterocycles. The van der Waals surface area contributed by atoms with Gasteiger partial charge in [0.15, 0.2) is 0 Å². The normalized spacial score (nSPS) is 17.0. The second-order valence-electron chi connectivity index (χ2n) is 12.5. The summed E-state index contributed by atoms with van der Waals surface area (Å²) in [4.78, 5) is 29.6. The van der Waals surface area contributed by atoms with E-state index in [1.807, 2.05) is 30.3 Å². The molecule has 1 amide bonds. The number of methoxy groups -OCH3 is 1. The number of morpholine rings is 1. The van der Waals surface area contributed by atoms with Gasteiger partial charge in [-0.05, 0) is 59.2 Å². The summed E-state index contributed by atoms with van der Waals surface area (Å²) in [7, 11) is 1.62. The molecular weight excluding hydrogens is 528 g/mol. The van der Waals surface area contributed by atoms with Crippen LogP contribution in [0, 0.1) is 0 Å². The lowest BCUT2D eigenvalue weighted by molar-refractivity contribution is -0.112. The van der Waals surface area contributed by atoms with E-state index >= 15 is 0 Å². The number of amides is 1. The van der Waals surface area contributed by atoms with E-state index in [4.69, 9.17) is 14.2 Å². The fourth-order valence-electron chi connectivity index (χ4n) is 5.99. The molecule has 0 unspecified atom stereocenters. The van der Waals surface area contributed by atoms with Gasteiger partial charge in [-0.2, -0.15) is 0 Å². The number of nitrogens with zero attached hydrogens (tertiary/aromatic N) is 1. The van der Waals surface area contributed by atoms with Crippen LogP contribution in [0.4, 0.5) is 5.69 Å². The van der Waals surface area contributed by atoms with Crippen molar-refractivity contribution in [2.75, 3.05) is 51.9 Å². The van der Waals surface area contributed by atoms with E-state index in [-0.39, 0.29) is 10.8 Å². The van der Waals surface area contributed by atoms with Crippen LogP contribution in [-0.2, 0) is 20.4 Å². The highest BCUT2D eigenvalue weighted by Crippen LogP contribution is 2.48. The molecule has 3 aromatic carbocycles. The van der Waals surface area contributed by atoms with Gasteiger partial charge in [0.05, 0.1) is 26.0 Å². The van der Waals surface area contributed by atoms with E-state index in [1.165, 1.54) is 12.0 Å². The Hall–Kier alpha value is -3.42. The van der Waals surface area contributed by atoms with E-state index in [2.05, 4.69) is 44.0 Å². The number of Topliss-reactive ketones (excluding diaryl/α,β-unsaturated/α-hetero) is 1. The third-order valence-corrected chi connectivity index (χ3v) is 9.41. The molecule has 0 bridgehead atoms. The number of benzene rings is 3. The molecule has 7 nitrogen and oxygen atoms in total. The maximum atomic E-state index is 13.7. The van der Waals surface area contributed by atoms with Crippen molar-refractivity contribution in [2.45, 2.75) is 64.2 Å². The van der Waals surface area contributed by atoms with Crippen molar-refractivity contribution in [2.24, 2.45) is 0 Å². The highest BCUT2D eigenvalue weighted by molar-refractivity contribution is 6.48. The fourth-order valence-corrected chi connectivity index (χ4v) is 5.99. The molecule has 0 radical (unpaired) electrons. The summed E-state index contributed by atoms with van der Waals surface area (Å²) in [6.07, 6.45) is 4.30. The third-order valence-electron chi connectivity index (χ3n) is 9.41. The Labute approximate surface area is 249 Å². The summed E-state index contributed by atoms with van der Waals surface area (Å²) in [5.41, 5.74) is 3.01. The van der Waals surface area contributed by atoms with Crippen molar-refractivity contribution in [3.63, 3.8) is 0 Å². The molecule has 42 heavy (non-hydrogen) atoms. The van der Waals surface area contributed by atoms with Crippen molar-refractivity contribution in [1.82, 2.24) is 4.90 Å². The summed E-state index contributed by atoms with van der Waals surface area (Å²) in [5, 5.41) is 4.45. The van der Waals surface area contributed by atoms with E-state index < -0.39 is 11.7 Å². The molecule has 2 aliphatic rings. The average molecular weight is 573 g/mol. The Bertz CT molecular complexity index is 1450. The van der Waals surface area contributed by atoms with Gasteiger partial charge in [-0.25, -0.2) is 0 Å². The highest BCUT2D eigenvalue weighted by atomic mass is 16.5. The molecule has 1 saturated carbocycles. The number of nitrogens with one attached hydrogen (secondary N) is 1. The molecule has 1 N–H and O–H groups in total. The topological polar surface area (TPSA) is 77.1 Å². The lowest BCUT2D eigenvalue weighted by Crippen LogP contribution is -2.38. The average Bonchev–Trinajstić information content (AvgIpc) is 2.99. The number of hydrogen-bond donors (Lipinski definition) is 1. The number of hydrogen-bond acceptors (Lipinski definition) is 6. The minimum absolute atomic E-state index is 0.0577. The Balaban J connectivity index is 1.41. The molecular formula is C35H44N2O5. The molecule has 3 aromatic rings. The number of anilines is 1. The monoisotopic (exact) mass is 572 g/mol. The zero-order valence-corrected chi connectivity index (χ0v) is 25.7. The lowest BCUT2D eigenvalue weighted by Gasteiger charge is -2.40. The molecule has 2 fully saturated rings. The predicted molar refractivity (Wildman–Crippen MR) is 167 cm³/mol. The Morgan fingerprint density at radius 1 is 1.05 bits per heavy atom. The summed E-state index contributed by atoms with van der Waals surface area (Å²) in [6.45, 7) is 13.4. The van der Waals surface area contributed by atoms with Crippen LogP contribution >= 0.6 is 0 Å². The van der Waals surface area contributed by atoms with E-state index in [0.29, 0.717) is 34.7 Å². The van der Waals surface area contributed by atoms with Crippen LogP contribution < -0.4 is 14.8 Å². The first-order valence-corrected chi connectivity index (χ1v) is 15.2. The number of ketones is 1. The van der Waals surface area contributed by atoms with Crippen LogP contribution in [0.3, 0.4) is 0 Å². The van der Waals surface area contributed by atoms with Crippen molar-refractivity contribution in [3.8, 4) is 11.5 Å². The van der Waals surface area contributed by atoms with Crippen LogP contribution in [0.25, 0.3) is 10.8 Å². The van der Waals surface area contributed by atoms with Crippen LogP contribution in [0.1, 0.15) is 74.9 Å². The number of carbonyl (C=O) groups is 2. The molecule has 1 saturated heterocycles. The van der Waals surface area contributed by atoms with Gasteiger partial charge in [0.1, 0.15) is 18.1 Å². The van der Waals surface area contributed by atoms with E-state index in [9.17, 15) is 9.59 Å². The zero-order valence-electron chi connectivity index (χ0n) is 25.7. The Morgan fingerprint density at radius 2 is 1.76 bits per heavy atom. The first kappa shape index (κ1) is 30.1. The van der Waals surface area contributed by atoms with Crippen LogP contribution in [0.2, 0.25) is 0 Å². The molecule has 1 heterocycles. The SMILES string of the molecule is CCC(C)(C)c1cc(C2(C)CCC2)cc(NC(=O)C(=O)c2ccc(OCCN3CCOCC3)c3ccccc23)c1OC. The van der Waals surface area contributed by atoms with Gasteiger partial charge in [0.2, 0.25) is 0 Å². The van der Waals surface area contributed by atoms with Crippen molar-refractivity contribution in [3.05, 3.63) is 65.2 Å². The fraction of sp³-hybridized carbons (Fsp3) is 0.486. The molecule has 5 rings (SSSR count). The molecule has 224 valence electrons. The Kier molecular flexibility index (Phi) is 8.90. The number of carbonyl (C=O) groups excluding carboxylic acids is 2. The number of fused-ring (bicyclic) bond motifs is 1. The molecule has 0 spiro atoms. The van der Waals surface area contributed by atoms with Gasteiger partial charge in [-0.3, -0.25) is 14.5 Å². The summed E-state index contributed by atoms with van der Waals surface area (Å²) < 4.78 is 17.5. The second-order valence-corrected chi connectivity index (χ2v) is 12.5. The van der Waals surface area contributed by atoms with E-state index in [0.717, 1.165) is 63.1 Å². The standard InChI is InChI=1S/C35H44N2O5/c1-6-34(2,3)28-22-24(35(4)14-9-15-35)23-29(32(28)40-5)36-33(39)31(38)27-12-13-30(26-11-8-7-10-25(26)27)42-21-18-37-16-19-41-20-17-37/h7-8,10-13,22-23H,6,9,14-21H2,1-5H3,(H,36,39). The highest BCUT2D eigenvalue weighted by Gasteiger charge is 2.37. The molecule has 1 aliphatic carbocycles. The summed E-state index contributed by atoms with van der Waals surface area (Å²) >= 11 is 0. The van der Waals surface area contributed by atoms with Gasteiger partial charge in [0.25, 0.3) is 11.7 Å². The quantitative estimate of drug-likeness (QED) is 0.209. The molecule has 0 atom stereocenters. The van der Waals surface area contributed by atoms with Gasteiger partial charge < -0.3 is 19.5 Å². The summed E-state index contributed by atoms with van der Waals surface area (Å²) in [5.74, 6) is 0.0363. The zero-order chi connectivity index (χ0) is 29.9. The molecule has 7 heteroatoms. The smallest absolute Gasteiger partial charge is 0.296 e. The minimum Gasteiger partial charge on any atom is -0.494 e. The second kappa shape index (κ2) is 12.4. The lowest BCUT2D eigenvalue weighted by atomic mass is 9.65. The van der Waals surface area contributed by atoms with Crippen molar-refractivity contribution >= 4 is 28.2 Å². The maximum Gasteiger partial charge on any atom is 0.296 e. The minimum atomic E-state index is -0.685. The first-order chi connectivity index (χ1) is 20.2. The van der Waals surface area contributed by atoms with Crippen molar-refractivity contribution in [1.29, 1.82) is 0 Å². The third kappa shape index (κ3) is 6.04. The maximum absolute atomic E-state index is 13.7. The predicted octanol–water partition coefficient (Wildman–Crippen LogP) is 6.51. The molecule has 0 aromatic heterocycles. The number of rotatable bonds is 11.